The zero-order chi connectivity index (χ0) is 15.6. The van der Waals surface area contributed by atoms with E-state index in [1.807, 2.05) is 12.3 Å². The van der Waals surface area contributed by atoms with Gasteiger partial charge in [-0.2, -0.15) is 0 Å². The number of fused-ring (bicyclic) bond motifs is 1. The van der Waals surface area contributed by atoms with Crippen molar-refractivity contribution in [2.24, 2.45) is 0 Å². The van der Waals surface area contributed by atoms with E-state index in [9.17, 15) is 0 Å². The van der Waals surface area contributed by atoms with E-state index in [2.05, 4.69) is 61.4 Å². The molecular weight excluding hydrogens is 286 g/mol. The van der Waals surface area contributed by atoms with Crippen LogP contribution >= 0.6 is 0 Å². The Morgan fingerprint density at radius 1 is 1.04 bits per heavy atom. The summed E-state index contributed by atoms with van der Waals surface area (Å²) >= 11 is 0. The summed E-state index contributed by atoms with van der Waals surface area (Å²) in [5, 5.41) is 0. The molecule has 0 spiro atoms. The lowest BCUT2D eigenvalue weighted by molar-refractivity contribution is 0.141. The Balaban J connectivity index is 1.61. The molecule has 1 aliphatic heterocycles. The van der Waals surface area contributed by atoms with Crippen LogP contribution in [0.1, 0.15) is 30.8 Å². The van der Waals surface area contributed by atoms with Crippen molar-refractivity contribution in [1.29, 1.82) is 0 Å². The second-order valence-corrected chi connectivity index (χ2v) is 5.94. The van der Waals surface area contributed by atoms with Gasteiger partial charge >= 0.3 is 0 Å². The predicted molar refractivity (Wildman–Crippen MR) is 89.2 cm³/mol. The van der Waals surface area contributed by atoms with Crippen LogP contribution in [0.15, 0.2) is 55.1 Å². The van der Waals surface area contributed by atoms with Gasteiger partial charge in [0.15, 0.2) is 0 Å². The van der Waals surface area contributed by atoms with Crippen LogP contribution in [0.3, 0.4) is 0 Å². The molecule has 4 heterocycles. The van der Waals surface area contributed by atoms with E-state index in [0.717, 1.165) is 32.0 Å². The van der Waals surface area contributed by atoms with E-state index in [1.54, 1.807) is 12.4 Å². The molecular formula is C18H21N5. The van der Waals surface area contributed by atoms with E-state index in [4.69, 9.17) is 0 Å². The SMILES string of the molecule is CCC1c2cccn2CCN1Cc1cccn1-c1ncccn1. The average Bonchev–Trinajstić information content (AvgIpc) is 3.24. The molecule has 23 heavy (non-hydrogen) atoms. The van der Waals surface area contributed by atoms with Gasteiger partial charge in [-0.1, -0.05) is 6.92 Å². The zero-order valence-electron chi connectivity index (χ0n) is 13.3. The second-order valence-electron chi connectivity index (χ2n) is 5.94. The molecule has 1 aliphatic rings. The number of hydrogen-bond acceptors (Lipinski definition) is 3. The van der Waals surface area contributed by atoms with Crippen LogP contribution in [-0.2, 0) is 13.1 Å². The van der Waals surface area contributed by atoms with Crippen LogP contribution < -0.4 is 0 Å². The van der Waals surface area contributed by atoms with Gasteiger partial charge in [-0.25, -0.2) is 9.97 Å². The maximum absolute atomic E-state index is 4.37. The maximum Gasteiger partial charge on any atom is 0.233 e. The molecule has 0 bridgehead atoms. The lowest BCUT2D eigenvalue weighted by Gasteiger charge is -2.36. The Kier molecular flexibility index (Phi) is 3.71. The van der Waals surface area contributed by atoms with Gasteiger partial charge in [-0.3, -0.25) is 9.47 Å². The first-order chi connectivity index (χ1) is 11.4. The van der Waals surface area contributed by atoms with Gasteiger partial charge in [0, 0.05) is 55.8 Å². The maximum atomic E-state index is 4.37. The van der Waals surface area contributed by atoms with Crippen LogP contribution in [0.5, 0.6) is 0 Å². The highest BCUT2D eigenvalue weighted by atomic mass is 15.2. The third-order valence-electron chi connectivity index (χ3n) is 4.63. The monoisotopic (exact) mass is 307 g/mol. The third kappa shape index (κ3) is 2.57. The van der Waals surface area contributed by atoms with Gasteiger partial charge in [0.05, 0.1) is 6.04 Å². The zero-order valence-corrected chi connectivity index (χ0v) is 13.3. The minimum atomic E-state index is 0.471. The molecule has 0 saturated carbocycles. The first-order valence-electron chi connectivity index (χ1n) is 8.19. The van der Waals surface area contributed by atoms with E-state index >= 15 is 0 Å². The largest absolute Gasteiger partial charge is 0.349 e. The molecule has 3 aromatic rings. The Morgan fingerprint density at radius 2 is 1.87 bits per heavy atom. The highest BCUT2D eigenvalue weighted by Gasteiger charge is 2.26. The van der Waals surface area contributed by atoms with Gasteiger partial charge in [-0.15, -0.1) is 0 Å². The quantitative estimate of drug-likeness (QED) is 0.743. The molecule has 0 radical (unpaired) electrons. The molecule has 1 unspecified atom stereocenters. The van der Waals surface area contributed by atoms with Crippen molar-refractivity contribution >= 4 is 0 Å². The van der Waals surface area contributed by atoms with E-state index in [1.165, 1.54) is 11.4 Å². The molecule has 0 aromatic carbocycles. The summed E-state index contributed by atoms with van der Waals surface area (Å²) < 4.78 is 4.46. The van der Waals surface area contributed by atoms with Gasteiger partial charge in [0.2, 0.25) is 5.95 Å². The summed E-state index contributed by atoms with van der Waals surface area (Å²) in [6, 6.07) is 11.0. The van der Waals surface area contributed by atoms with Crippen LogP contribution in [0, 0.1) is 0 Å². The molecule has 5 nitrogen and oxygen atoms in total. The highest BCUT2D eigenvalue weighted by molar-refractivity contribution is 5.21. The molecule has 0 amide bonds. The van der Waals surface area contributed by atoms with Crippen LogP contribution in [0.2, 0.25) is 0 Å². The fourth-order valence-corrected chi connectivity index (χ4v) is 3.53. The predicted octanol–water partition coefficient (Wildman–Crippen LogP) is 3.04. The van der Waals surface area contributed by atoms with E-state index in [0.29, 0.717) is 6.04 Å². The van der Waals surface area contributed by atoms with Crippen molar-refractivity contribution in [2.75, 3.05) is 6.54 Å². The smallest absolute Gasteiger partial charge is 0.233 e. The molecule has 0 aliphatic carbocycles. The molecule has 118 valence electrons. The normalized spacial score (nSPS) is 18.0. The van der Waals surface area contributed by atoms with Gasteiger partial charge < -0.3 is 4.57 Å². The molecule has 4 rings (SSSR count). The lowest BCUT2D eigenvalue weighted by Crippen LogP contribution is -2.37. The molecule has 1 atom stereocenters. The van der Waals surface area contributed by atoms with Gasteiger partial charge in [0.25, 0.3) is 0 Å². The summed E-state index contributed by atoms with van der Waals surface area (Å²) in [5.74, 6) is 0.737. The van der Waals surface area contributed by atoms with Crippen LogP contribution in [0.25, 0.3) is 5.95 Å². The molecule has 3 aromatic heterocycles. The summed E-state index contributed by atoms with van der Waals surface area (Å²) in [7, 11) is 0. The van der Waals surface area contributed by atoms with Crippen molar-refractivity contribution in [3.63, 3.8) is 0 Å². The van der Waals surface area contributed by atoms with E-state index in [-0.39, 0.29) is 0 Å². The van der Waals surface area contributed by atoms with Crippen molar-refractivity contribution in [3.05, 3.63) is 66.5 Å². The number of rotatable bonds is 4. The molecule has 0 saturated heterocycles. The fourth-order valence-electron chi connectivity index (χ4n) is 3.53. The summed E-state index contributed by atoms with van der Waals surface area (Å²) in [6.45, 7) is 5.30. The van der Waals surface area contributed by atoms with Crippen molar-refractivity contribution in [1.82, 2.24) is 24.0 Å². The van der Waals surface area contributed by atoms with Crippen LogP contribution in [0.4, 0.5) is 0 Å². The summed E-state index contributed by atoms with van der Waals surface area (Å²) in [4.78, 5) is 11.3. The number of nitrogens with zero attached hydrogens (tertiary/aromatic N) is 5. The topological polar surface area (TPSA) is 38.9 Å². The summed E-state index contributed by atoms with van der Waals surface area (Å²) in [5.41, 5.74) is 2.66. The first-order valence-corrected chi connectivity index (χ1v) is 8.19. The van der Waals surface area contributed by atoms with Crippen molar-refractivity contribution < 1.29 is 0 Å². The minimum absolute atomic E-state index is 0.471. The summed E-state index contributed by atoms with van der Waals surface area (Å²) in [6.07, 6.45) is 8.92. The van der Waals surface area contributed by atoms with E-state index < -0.39 is 0 Å². The average molecular weight is 307 g/mol. The minimum Gasteiger partial charge on any atom is -0.349 e. The Bertz CT molecular complexity index is 774. The van der Waals surface area contributed by atoms with Crippen molar-refractivity contribution in [2.45, 2.75) is 32.5 Å². The third-order valence-corrected chi connectivity index (χ3v) is 4.63. The Morgan fingerprint density at radius 3 is 2.70 bits per heavy atom. The van der Waals surface area contributed by atoms with Crippen LogP contribution in [-0.4, -0.2) is 30.5 Å². The van der Waals surface area contributed by atoms with Crippen molar-refractivity contribution in [3.8, 4) is 5.95 Å². The molecule has 5 heteroatoms. The highest BCUT2D eigenvalue weighted by Crippen LogP contribution is 2.30. The Hall–Kier alpha value is -2.40. The Labute approximate surface area is 136 Å². The lowest BCUT2D eigenvalue weighted by atomic mass is 10.1. The molecule has 0 N–H and O–H groups in total. The fraction of sp³-hybridized carbons (Fsp3) is 0.333. The number of hydrogen-bond donors (Lipinski definition) is 0. The second kappa shape index (κ2) is 6.01. The standard InChI is InChI=1S/C18H21N5/c1-2-16-17-7-4-10-21(17)12-13-22(16)14-15-6-3-11-23(15)18-19-8-5-9-20-18/h3-11,16H,2,12-14H2,1H3. The van der Waals surface area contributed by atoms with Gasteiger partial charge in [0.1, 0.15) is 0 Å². The molecule has 0 fully saturated rings. The van der Waals surface area contributed by atoms with Gasteiger partial charge in [-0.05, 0) is 36.8 Å². The first kappa shape index (κ1) is 14.2. The number of aromatic nitrogens is 4.